The quantitative estimate of drug-likeness (QED) is 0.910. The zero-order valence-electron chi connectivity index (χ0n) is 15.2. The van der Waals surface area contributed by atoms with Crippen LogP contribution in [0.15, 0.2) is 36.7 Å². The number of imidazole rings is 1. The van der Waals surface area contributed by atoms with E-state index in [2.05, 4.69) is 39.5 Å². The molecule has 3 rings (SSSR count). The highest BCUT2D eigenvalue weighted by molar-refractivity contribution is 5.93. The Bertz CT molecular complexity index is 667. The molecule has 2 heterocycles. The second-order valence-electron chi connectivity index (χ2n) is 6.88. The van der Waals surface area contributed by atoms with E-state index >= 15 is 0 Å². The zero-order chi connectivity index (χ0) is 17.6. The molecule has 5 heteroatoms. The van der Waals surface area contributed by atoms with Gasteiger partial charge in [0.1, 0.15) is 5.69 Å². The summed E-state index contributed by atoms with van der Waals surface area (Å²) in [4.78, 5) is 19.4. The van der Waals surface area contributed by atoms with Gasteiger partial charge < -0.3 is 9.88 Å². The van der Waals surface area contributed by atoms with Crippen molar-refractivity contribution >= 4 is 5.91 Å². The highest BCUT2D eigenvalue weighted by atomic mass is 16.2. The second kappa shape index (κ2) is 8.30. The van der Waals surface area contributed by atoms with Crippen LogP contribution in [0.1, 0.15) is 53.5 Å². The first-order valence-electron chi connectivity index (χ1n) is 9.22. The van der Waals surface area contributed by atoms with Crippen molar-refractivity contribution < 1.29 is 4.79 Å². The number of likely N-dealkylation sites (tertiary alicyclic amines) is 1. The van der Waals surface area contributed by atoms with Gasteiger partial charge in [-0.3, -0.25) is 9.69 Å². The van der Waals surface area contributed by atoms with E-state index in [9.17, 15) is 4.79 Å². The Kier molecular flexibility index (Phi) is 5.87. The Labute approximate surface area is 150 Å². The number of amides is 1. The van der Waals surface area contributed by atoms with E-state index in [0.717, 1.165) is 18.8 Å². The van der Waals surface area contributed by atoms with E-state index in [4.69, 9.17) is 0 Å². The third-order valence-electron chi connectivity index (χ3n) is 5.06. The summed E-state index contributed by atoms with van der Waals surface area (Å²) in [6.45, 7) is 4.69. The molecule has 25 heavy (non-hydrogen) atoms. The van der Waals surface area contributed by atoms with Gasteiger partial charge in [-0.25, -0.2) is 4.98 Å². The number of aromatic nitrogens is 2. The molecule has 1 aromatic heterocycles. The normalized spacial score (nSPS) is 17.0. The summed E-state index contributed by atoms with van der Waals surface area (Å²) < 4.78 is 1.79. The second-order valence-corrected chi connectivity index (χ2v) is 6.88. The average Bonchev–Trinajstić information content (AvgIpc) is 2.81. The Hall–Kier alpha value is -2.14. The van der Waals surface area contributed by atoms with Crippen LogP contribution in [0, 0.1) is 6.92 Å². The molecule has 1 saturated heterocycles. The van der Waals surface area contributed by atoms with Gasteiger partial charge in [-0.15, -0.1) is 0 Å². The van der Waals surface area contributed by atoms with E-state index in [0.29, 0.717) is 12.2 Å². The van der Waals surface area contributed by atoms with Gasteiger partial charge in [0.25, 0.3) is 5.91 Å². The van der Waals surface area contributed by atoms with Crippen molar-refractivity contribution in [3.8, 4) is 0 Å². The standard InChI is InChI=1S/C20H28N4O/c1-16-19(23(2)15-22-16)20(25)21-14-18(17-10-6-5-7-11-17)24-12-8-3-4-9-13-24/h5-7,10-11,15,18H,3-4,8-9,12-14H2,1-2H3,(H,21,25)/t18-/m1/s1. The number of rotatable bonds is 5. The molecule has 1 amide bonds. The average molecular weight is 340 g/mol. The fourth-order valence-electron chi connectivity index (χ4n) is 3.68. The van der Waals surface area contributed by atoms with Gasteiger partial charge in [0, 0.05) is 13.6 Å². The summed E-state index contributed by atoms with van der Waals surface area (Å²) in [7, 11) is 1.86. The molecule has 2 aromatic rings. The van der Waals surface area contributed by atoms with Crippen LogP contribution >= 0.6 is 0 Å². The molecule has 0 aliphatic carbocycles. The van der Waals surface area contributed by atoms with Crippen LogP contribution in [-0.2, 0) is 7.05 Å². The molecular weight excluding hydrogens is 312 g/mol. The van der Waals surface area contributed by atoms with Crippen molar-refractivity contribution in [3.05, 3.63) is 53.6 Å². The SMILES string of the molecule is Cc1ncn(C)c1C(=O)NC[C@H](c1ccccc1)N1CCCCCC1. The molecule has 0 bridgehead atoms. The first kappa shape index (κ1) is 17.7. The molecule has 0 radical (unpaired) electrons. The number of carbonyl (C=O) groups excluding carboxylic acids is 1. The van der Waals surface area contributed by atoms with Gasteiger partial charge in [0.05, 0.1) is 18.1 Å². The number of benzene rings is 1. The summed E-state index contributed by atoms with van der Waals surface area (Å²) >= 11 is 0. The summed E-state index contributed by atoms with van der Waals surface area (Å²) in [6.07, 6.45) is 6.77. The van der Waals surface area contributed by atoms with Crippen molar-refractivity contribution in [3.63, 3.8) is 0 Å². The molecule has 1 N–H and O–H groups in total. The van der Waals surface area contributed by atoms with Crippen molar-refractivity contribution in [1.29, 1.82) is 0 Å². The van der Waals surface area contributed by atoms with Crippen molar-refractivity contribution in [2.75, 3.05) is 19.6 Å². The minimum absolute atomic E-state index is 0.0479. The molecule has 0 unspecified atom stereocenters. The van der Waals surface area contributed by atoms with E-state index in [1.54, 1.807) is 10.9 Å². The lowest BCUT2D eigenvalue weighted by atomic mass is 10.0. The van der Waals surface area contributed by atoms with Gasteiger partial charge in [-0.1, -0.05) is 43.2 Å². The highest BCUT2D eigenvalue weighted by Gasteiger charge is 2.23. The van der Waals surface area contributed by atoms with Crippen molar-refractivity contribution in [2.24, 2.45) is 7.05 Å². The van der Waals surface area contributed by atoms with Gasteiger partial charge >= 0.3 is 0 Å². The summed E-state index contributed by atoms with van der Waals surface area (Å²) in [5.74, 6) is -0.0479. The van der Waals surface area contributed by atoms with E-state index < -0.39 is 0 Å². The summed E-state index contributed by atoms with van der Waals surface area (Å²) in [5, 5.41) is 3.14. The fraction of sp³-hybridized carbons (Fsp3) is 0.500. The summed E-state index contributed by atoms with van der Waals surface area (Å²) in [5.41, 5.74) is 2.68. The van der Waals surface area contributed by atoms with E-state index in [-0.39, 0.29) is 11.9 Å². The molecule has 1 aliphatic rings. The molecule has 1 aliphatic heterocycles. The third-order valence-corrected chi connectivity index (χ3v) is 5.06. The monoisotopic (exact) mass is 340 g/mol. The first-order chi connectivity index (χ1) is 12.2. The number of nitrogens with zero attached hydrogens (tertiary/aromatic N) is 3. The van der Waals surface area contributed by atoms with Gasteiger partial charge in [0.2, 0.25) is 0 Å². The molecular formula is C20H28N4O. The maximum Gasteiger partial charge on any atom is 0.269 e. The van der Waals surface area contributed by atoms with E-state index in [1.807, 2.05) is 20.0 Å². The number of carbonyl (C=O) groups is 1. The fourth-order valence-corrected chi connectivity index (χ4v) is 3.68. The lowest BCUT2D eigenvalue weighted by Crippen LogP contribution is -2.39. The van der Waals surface area contributed by atoms with Gasteiger partial charge in [-0.2, -0.15) is 0 Å². The van der Waals surface area contributed by atoms with Crippen molar-refractivity contribution in [1.82, 2.24) is 19.8 Å². The minimum atomic E-state index is -0.0479. The largest absolute Gasteiger partial charge is 0.349 e. The predicted octanol–water partition coefficient (Wildman–Crippen LogP) is 3.08. The van der Waals surface area contributed by atoms with Crippen LogP contribution in [0.5, 0.6) is 0 Å². The lowest BCUT2D eigenvalue weighted by Gasteiger charge is -2.31. The van der Waals surface area contributed by atoms with Crippen molar-refractivity contribution in [2.45, 2.75) is 38.6 Å². The third kappa shape index (κ3) is 4.28. The Balaban J connectivity index is 1.74. The lowest BCUT2D eigenvalue weighted by molar-refractivity contribution is 0.0924. The smallest absolute Gasteiger partial charge is 0.269 e. The number of aryl methyl sites for hydroxylation is 2. The summed E-state index contributed by atoms with van der Waals surface area (Å²) in [6, 6.07) is 10.7. The number of hydrogen-bond donors (Lipinski definition) is 1. The predicted molar refractivity (Wildman–Crippen MR) is 99.5 cm³/mol. The Morgan fingerprint density at radius 3 is 2.44 bits per heavy atom. The zero-order valence-corrected chi connectivity index (χ0v) is 15.2. The van der Waals surface area contributed by atoms with Crippen LogP contribution < -0.4 is 5.32 Å². The maximum atomic E-state index is 12.6. The Morgan fingerprint density at radius 2 is 1.84 bits per heavy atom. The number of nitrogens with one attached hydrogen (secondary N) is 1. The Morgan fingerprint density at radius 1 is 1.16 bits per heavy atom. The molecule has 1 fully saturated rings. The molecule has 0 spiro atoms. The molecule has 1 aromatic carbocycles. The molecule has 134 valence electrons. The van der Waals surface area contributed by atoms with Crippen LogP contribution in [0.2, 0.25) is 0 Å². The van der Waals surface area contributed by atoms with Gasteiger partial charge in [-0.05, 0) is 38.4 Å². The first-order valence-corrected chi connectivity index (χ1v) is 9.22. The van der Waals surface area contributed by atoms with Crippen LogP contribution in [0.25, 0.3) is 0 Å². The van der Waals surface area contributed by atoms with Gasteiger partial charge in [0.15, 0.2) is 0 Å². The van der Waals surface area contributed by atoms with Crippen LogP contribution in [0.4, 0.5) is 0 Å². The van der Waals surface area contributed by atoms with Crippen LogP contribution in [-0.4, -0.2) is 40.0 Å². The number of hydrogen-bond acceptors (Lipinski definition) is 3. The topological polar surface area (TPSA) is 50.2 Å². The van der Waals surface area contributed by atoms with Crippen LogP contribution in [0.3, 0.4) is 0 Å². The molecule has 0 saturated carbocycles. The molecule has 1 atom stereocenters. The minimum Gasteiger partial charge on any atom is -0.349 e. The highest BCUT2D eigenvalue weighted by Crippen LogP contribution is 2.23. The maximum absolute atomic E-state index is 12.6. The molecule has 5 nitrogen and oxygen atoms in total. The van der Waals surface area contributed by atoms with E-state index in [1.165, 1.54) is 31.2 Å².